The molecule has 0 spiro atoms. The summed E-state index contributed by atoms with van der Waals surface area (Å²) in [6, 6.07) is 15.5. The number of guanidine groups is 1. The number of hydrogen-bond donors (Lipinski definition) is 3. The molecule has 2 aromatic rings. The van der Waals surface area contributed by atoms with Crippen LogP contribution in [-0.2, 0) is 13.0 Å². The molecule has 2 aromatic carbocycles. The number of nitrogens with two attached hydrogens (primary N) is 1. The van der Waals surface area contributed by atoms with Crippen LogP contribution in [0.4, 0.5) is 5.69 Å². The van der Waals surface area contributed by atoms with Gasteiger partial charge in [-0.25, -0.2) is 0 Å². The smallest absolute Gasteiger partial charge is 0.193 e. The maximum absolute atomic E-state index is 9.02. The summed E-state index contributed by atoms with van der Waals surface area (Å²) < 4.78 is 5.60. The first-order valence-corrected chi connectivity index (χ1v) is 8.09. The lowest BCUT2D eigenvalue weighted by Crippen LogP contribution is -2.23. The third-order valence-electron chi connectivity index (χ3n) is 3.39. The number of ether oxygens (including phenoxy) is 1. The molecule has 5 nitrogen and oxygen atoms in total. The van der Waals surface area contributed by atoms with Crippen LogP contribution in [0.2, 0.25) is 0 Å². The Morgan fingerprint density at radius 1 is 1.08 bits per heavy atom. The number of anilines is 1. The van der Waals surface area contributed by atoms with Gasteiger partial charge < -0.3 is 20.9 Å². The van der Waals surface area contributed by atoms with Crippen molar-refractivity contribution in [3.8, 4) is 5.75 Å². The topological polar surface area (TPSA) is 79.9 Å². The number of aliphatic hydroxyl groups excluding tert-OH is 1. The molecule has 0 radical (unpaired) electrons. The number of nitrogens with zero attached hydrogens (tertiary/aromatic N) is 1. The van der Waals surface area contributed by atoms with Crippen LogP contribution < -0.4 is 15.8 Å². The Bertz CT molecular complexity index is 655. The Labute approximate surface area is 166 Å². The quantitative estimate of drug-likeness (QED) is 0.339. The van der Waals surface area contributed by atoms with Crippen LogP contribution in [0.3, 0.4) is 0 Å². The summed E-state index contributed by atoms with van der Waals surface area (Å²) in [6.45, 7) is 4.66. The van der Waals surface area contributed by atoms with E-state index in [2.05, 4.69) is 10.3 Å². The summed E-state index contributed by atoms with van der Waals surface area (Å²) in [7, 11) is 0. The first-order chi connectivity index (χ1) is 11.6. The minimum Gasteiger partial charge on any atom is -0.491 e. The summed E-state index contributed by atoms with van der Waals surface area (Å²) in [5, 5.41) is 12.1. The van der Waals surface area contributed by atoms with Crippen molar-refractivity contribution in [2.24, 2.45) is 10.7 Å². The molecule has 0 aliphatic carbocycles. The van der Waals surface area contributed by atoms with Crippen molar-refractivity contribution in [2.45, 2.75) is 33.0 Å². The van der Waals surface area contributed by atoms with Crippen molar-refractivity contribution in [2.75, 3.05) is 11.9 Å². The van der Waals surface area contributed by atoms with Gasteiger partial charge in [0, 0.05) is 12.2 Å². The predicted molar refractivity (Wildman–Crippen MR) is 114 cm³/mol. The lowest BCUT2D eigenvalue weighted by atomic mass is 10.1. The van der Waals surface area contributed by atoms with Crippen LogP contribution >= 0.6 is 24.0 Å². The molecule has 0 aliphatic heterocycles. The van der Waals surface area contributed by atoms with E-state index in [4.69, 9.17) is 15.6 Å². The van der Waals surface area contributed by atoms with Gasteiger partial charge in [-0.15, -0.1) is 24.0 Å². The van der Waals surface area contributed by atoms with E-state index >= 15 is 0 Å². The second-order valence-electron chi connectivity index (χ2n) is 5.81. The number of aliphatic hydroxyl groups is 1. The fourth-order valence-corrected chi connectivity index (χ4v) is 2.19. The molecular weight excluding hydrogens is 429 g/mol. The number of hydrogen-bond acceptors (Lipinski definition) is 3. The molecule has 0 bridgehead atoms. The normalized spacial score (nSPS) is 11.1. The second kappa shape index (κ2) is 10.9. The molecule has 0 heterocycles. The number of benzene rings is 2. The Morgan fingerprint density at radius 3 is 2.24 bits per heavy atom. The fraction of sp³-hybridized carbons (Fsp3) is 0.316. The summed E-state index contributed by atoms with van der Waals surface area (Å²) in [4.78, 5) is 4.33. The van der Waals surface area contributed by atoms with Crippen LogP contribution in [0.25, 0.3) is 0 Å². The van der Waals surface area contributed by atoms with Crippen LogP contribution in [0.5, 0.6) is 5.75 Å². The van der Waals surface area contributed by atoms with E-state index in [1.165, 1.54) is 5.56 Å². The summed E-state index contributed by atoms with van der Waals surface area (Å²) in [5.41, 5.74) is 8.86. The number of halogens is 1. The Kier molecular flexibility index (Phi) is 9.30. The lowest BCUT2D eigenvalue weighted by molar-refractivity contribution is 0.242. The lowest BCUT2D eigenvalue weighted by Gasteiger charge is -2.11. The largest absolute Gasteiger partial charge is 0.491 e. The molecule has 0 unspecified atom stereocenters. The van der Waals surface area contributed by atoms with Gasteiger partial charge in [-0.1, -0.05) is 24.3 Å². The average molecular weight is 455 g/mol. The molecule has 0 aliphatic rings. The van der Waals surface area contributed by atoms with Gasteiger partial charge in [0.15, 0.2) is 5.96 Å². The zero-order valence-electron chi connectivity index (χ0n) is 14.6. The van der Waals surface area contributed by atoms with Crippen LogP contribution in [0.15, 0.2) is 53.5 Å². The van der Waals surface area contributed by atoms with Gasteiger partial charge in [-0.2, -0.15) is 0 Å². The fourth-order valence-electron chi connectivity index (χ4n) is 2.19. The molecule has 0 fully saturated rings. The predicted octanol–water partition coefficient (Wildman–Crippen LogP) is 3.55. The van der Waals surface area contributed by atoms with Crippen LogP contribution in [0.1, 0.15) is 25.0 Å². The average Bonchev–Trinajstić information content (AvgIpc) is 2.57. The van der Waals surface area contributed by atoms with E-state index < -0.39 is 0 Å². The van der Waals surface area contributed by atoms with Crippen molar-refractivity contribution >= 4 is 35.6 Å². The van der Waals surface area contributed by atoms with Crippen molar-refractivity contribution in [3.63, 3.8) is 0 Å². The van der Waals surface area contributed by atoms with Gasteiger partial charge in [0.1, 0.15) is 5.75 Å². The molecule has 4 N–H and O–H groups in total. The van der Waals surface area contributed by atoms with E-state index in [0.717, 1.165) is 23.4 Å². The Morgan fingerprint density at radius 2 is 1.68 bits per heavy atom. The summed E-state index contributed by atoms with van der Waals surface area (Å²) in [5.74, 6) is 1.22. The van der Waals surface area contributed by atoms with Crippen LogP contribution in [0, 0.1) is 0 Å². The van der Waals surface area contributed by atoms with E-state index in [1.807, 2.05) is 62.4 Å². The SMILES string of the molecule is CC(C)Oc1ccc(NC(N)=NCCc2ccc(CO)cc2)cc1.I. The monoisotopic (exact) mass is 455 g/mol. The molecule has 0 saturated carbocycles. The molecule has 136 valence electrons. The highest BCUT2D eigenvalue weighted by atomic mass is 127. The van der Waals surface area contributed by atoms with Crippen molar-refractivity contribution in [1.29, 1.82) is 0 Å². The highest BCUT2D eigenvalue weighted by Gasteiger charge is 1.99. The van der Waals surface area contributed by atoms with Gasteiger partial charge in [0.05, 0.1) is 12.7 Å². The molecule has 0 aromatic heterocycles. The number of rotatable bonds is 7. The van der Waals surface area contributed by atoms with E-state index in [1.54, 1.807) is 0 Å². The third-order valence-corrected chi connectivity index (χ3v) is 3.39. The van der Waals surface area contributed by atoms with E-state index in [-0.39, 0.29) is 36.7 Å². The molecule has 2 rings (SSSR count). The van der Waals surface area contributed by atoms with Gasteiger partial charge in [0.2, 0.25) is 0 Å². The van der Waals surface area contributed by atoms with Crippen molar-refractivity contribution in [1.82, 2.24) is 0 Å². The van der Waals surface area contributed by atoms with Crippen molar-refractivity contribution < 1.29 is 9.84 Å². The molecule has 0 atom stereocenters. The Balaban J connectivity index is 0.00000312. The molecule has 0 amide bonds. The third kappa shape index (κ3) is 7.74. The highest BCUT2D eigenvalue weighted by Crippen LogP contribution is 2.16. The number of nitrogens with one attached hydrogen (secondary N) is 1. The minimum absolute atomic E-state index is 0. The van der Waals surface area contributed by atoms with Crippen molar-refractivity contribution in [3.05, 3.63) is 59.7 Å². The zero-order chi connectivity index (χ0) is 17.4. The van der Waals surface area contributed by atoms with E-state index in [9.17, 15) is 0 Å². The second-order valence-corrected chi connectivity index (χ2v) is 5.81. The van der Waals surface area contributed by atoms with Gasteiger partial charge in [-0.05, 0) is 55.7 Å². The maximum Gasteiger partial charge on any atom is 0.193 e. The Hall–Kier alpha value is -1.80. The molecular formula is C19H26IN3O2. The standard InChI is InChI=1S/C19H25N3O2.HI/c1-14(2)24-18-9-7-17(8-10-18)22-19(20)21-12-11-15-3-5-16(13-23)6-4-15;/h3-10,14,23H,11-13H2,1-2H3,(H3,20,21,22);1H. The van der Waals surface area contributed by atoms with Gasteiger partial charge >= 0.3 is 0 Å². The minimum atomic E-state index is 0. The maximum atomic E-state index is 9.02. The molecule has 25 heavy (non-hydrogen) atoms. The first-order valence-electron chi connectivity index (χ1n) is 8.09. The van der Waals surface area contributed by atoms with Gasteiger partial charge in [-0.3, -0.25) is 4.99 Å². The highest BCUT2D eigenvalue weighted by molar-refractivity contribution is 14.0. The zero-order valence-corrected chi connectivity index (χ0v) is 16.9. The first kappa shape index (κ1) is 21.2. The number of aliphatic imine (C=N–C) groups is 1. The van der Waals surface area contributed by atoms with Crippen LogP contribution in [-0.4, -0.2) is 23.7 Å². The molecule has 0 saturated heterocycles. The summed E-state index contributed by atoms with van der Waals surface area (Å²) in [6.07, 6.45) is 0.955. The summed E-state index contributed by atoms with van der Waals surface area (Å²) >= 11 is 0. The molecule has 6 heteroatoms. The van der Waals surface area contributed by atoms with Gasteiger partial charge in [0.25, 0.3) is 0 Å². The van der Waals surface area contributed by atoms with E-state index in [0.29, 0.717) is 12.5 Å².